The average molecular weight is 398 g/mol. The molecule has 2 aromatic rings. The Bertz CT molecular complexity index is 847. The quantitative estimate of drug-likeness (QED) is 0.851. The van der Waals surface area contributed by atoms with E-state index in [0.29, 0.717) is 51.0 Å². The van der Waals surface area contributed by atoms with Crippen LogP contribution in [0.25, 0.3) is 11.5 Å². The third kappa shape index (κ3) is 4.42. The van der Waals surface area contributed by atoms with Crippen molar-refractivity contribution in [3.63, 3.8) is 0 Å². The molecule has 3 heterocycles. The minimum atomic E-state index is -0.182. The number of hydrogen-bond acceptors (Lipinski definition) is 5. The van der Waals surface area contributed by atoms with Crippen LogP contribution in [0.3, 0.4) is 0 Å². The number of oxazole rings is 1. The lowest BCUT2D eigenvalue weighted by molar-refractivity contribution is -0.140. The van der Waals surface area contributed by atoms with Gasteiger partial charge < -0.3 is 24.3 Å². The number of urea groups is 1. The number of likely N-dealkylation sites (tertiary alicyclic amines) is 1. The molecule has 3 amide bonds. The Morgan fingerprint density at radius 3 is 2.66 bits per heavy atom. The van der Waals surface area contributed by atoms with Gasteiger partial charge in [-0.2, -0.15) is 0 Å². The predicted octanol–water partition coefficient (Wildman–Crippen LogP) is 1.98. The summed E-state index contributed by atoms with van der Waals surface area (Å²) < 4.78 is 10.8. The SMILES string of the molecule is C[C@@H]1CN(C(=O)NCc2coc(-c3ccccc3)n2)C[C@H]1C(=O)N1CCOCC1. The first-order valence-electron chi connectivity index (χ1n) is 10.0. The zero-order valence-corrected chi connectivity index (χ0v) is 16.5. The van der Waals surface area contributed by atoms with Gasteiger partial charge in [0.05, 0.1) is 31.4 Å². The standard InChI is InChI=1S/C21H26N4O4/c1-15-12-25(13-18(15)20(26)24-7-9-28-10-8-24)21(27)22-11-17-14-29-19(23-17)16-5-3-2-4-6-16/h2-6,14-15,18H,7-13H2,1H3,(H,22,27)/t15-,18-/m1/s1. The zero-order chi connectivity index (χ0) is 20.2. The summed E-state index contributed by atoms with van der Waals surface area (Å²) in [7, 11) is 0. The number of benzene rings is 1. The maximum Gasteiger partial charge on any atom is 0.317 e. The van der Waals surface area contributed by atoms with Crippen LogP contribution in [-0.4, -0.2) is 66.1 Å². The molecule has 154 valence electrons. The van der Waals surface area contributed by atoms with Gasteiger partial charge in [0.2, 0.25) is 11.8 Å². The number of ether oxygens (including phenoxy) is 1. The summed E-state index contributed by atoms with van der Waals surface area (Å²) in [4.78, 5) is 33.4. The molecule has 0 saturated carbocycles. The molecule has 2 aliphatic heterocycles. The number of carbonyl (C=O) groups excluding carboxylic acids is 2. The molecule has 2 saturated heterocycles. The van der Waals surface area contributed by atoms with Crippen molar-refractivity contribution >= 4 is 11.9 Å². The lowest BCUT2D eigenvalue weighted by Gasteiger charge is -2.30. The van der Waals surface area contributed by atoms with E-state index in [1.54, 1.807) is 11.2 Å². The van der Waals surface area contributed by atoms with Gasteiger partial charge in [-0.1, -0.05) is 25.1 Å². The van der Waals surface area contributed by atoms with Gasteiger partial charge in [-0.05, 0) is 18.1 Å². The summed E-state index contributed by atoms with van der Waals surface area (Å²) in [6, 6.07) is 9.44. The van der Waals surface area contributed by atoms with E-state index in [1.807, 2.05) is 42.2 Å². The first-order valence-corrected chi connectivity index (χ1v) is 10.0. The van der Waals surface area contributed by atoms with Gasteiger partial charge >= 0.3 is 6.03 Å². The topological polar surface area (TPSA) is 87.9 Å². The summed E-state index contributed by atoms with van der Waals surface area (Å²) in [6.07, 6.45) is 1.56. The van der Waals surface area contributed by atoms with Crippen LogP contribution in [-0.2, 0) is 16.1 Å². The Morgan fingerprint density at radius 2 is 1.90 bits per heavy atom. The van der Waals surface area contributed by atoms with Crippen molar-refractivity contribution in [3.8, 4) is 11.5 Å². The molecule has 2 fully saturated rings. The number of carbonyl (C=O) groups is 2. The van der Waals surface area contributed by atoms with Crippen LogP contribution in [0.15, 0.2) is 41.0 Å². The van der Waals surface area contributed by atoms with Gasteiger partial charge in [0, 0.05) is 31.7 Å². The van der Waals surface area contributed by atoms with Gasteiger partial charge in [-0.25, -0.2) is 9.78 Å². The van der Waals surface area contributed by atoms with Crippen molar-refractivity contribution in [2.45, 2.75) is 13.5 Å². The summed E-state index contributed by atoms with van der Waals surface area (Å²) in [6.45, 7) is 5.74. The van der Waals surface area contributed by atoms with E-state index in [4.69, 9.17) is 9.15 Å². The first kappa shape index (κ1) is 19.4. The third-order valence-electron chi connectivity index (χ3n) is 5.53. The maximum atomic E-state index is 12.8. The second kappa shape index (κ2) is 8.65. The fourth-order valence-corrected chi connectivity index (χ4v) is 3.85. The minimum Gasteiger partial charge on any atom is -0.444 e. The average Bonchev–Trinajstić information content (AvgIpc) is 3.40. The van der Waals surface area contributed by atoms with E-state index in [9.17, 15) is 9.59 Å². The number of rotatable bonds is 4. The number of hydrogen-bond donors (Lipinski definition) is 1. The molecule has 1 aromatic heterocycles. The Balaban J connectivity index is 1.30. The van der Waals surface area contributed by atoms with Crippen molar-refractivity contribution in [1.82, 2.24) is 20.1 Å². The summed E-state index contributed by atoms with van der Waals surface area (Å²) in [5.74, 6) is 0.629. The molecular formula is C21H26N4O4. The van der Waals surface area contributed by atoms with Crippen molar-refractivity contribution in [3.05, 3.63) is 42.3 Å². The van der Waals surface area contributed by atoms with Crippen LogP contribution in [0.2, 0.25) is 0 Å². The van der Waals surface area contributed by atoms with Crippen molar-refractivity contribution < 1.29 is 18.7 Å². The molecule has 0 unspecified atom stereocenters. The molecule has 8 nitrogen and oxygen atoms in total. The second-order valence-electron chi connectivity index (χ2n) is 7.60. The monoisotopic (exact) mass is 398 g/mol. The number of aromatic nitrogens is 1. The Morgan fingerprint density at radius 1 is 1.14 bits per heavy atom. The van der Waals surface area contributed by atoms with E-state index in [1.165, 1.54) is 0 Å². The molecule has 2 aliphatic rings. The number of nitrogens with one attached hydrogen (secondary N) is 1. The minimum absolute atomic E-state index is 0.125. The van der Waals surface area contributed by atoms with Crippen molar-refractivity contribution in [2.24, 2.45) is 11.8 Å². The molecule has 0 radical (unpaired) electrons. The van der Waals surface area contributed by atoms with Crippen LogP contribution < -0.4 is 5.32 Å². The smallest absolute Gasteiger partial charge is 0.317 e. The highest BCUT2D eigenvalue weighted by molar-refractivity contribution is 5.82. The highest BCUT2D eigenvalue weighted by Gasteiger charge is 2.39. The largest absolute Gasteiger partial charge is 0.444 e. The molecule has 1 aromatic carbocycles. The number of nitrogens with zero attached hydrogens (tertiary/aromatic N) is 3. The zero-order valence-electron chi connectivity index (χ0n) is 16.5. The molecule has 29 heavy (non-hydrogen) atoms. The molecular weight excluding hydrogens is 372 g/mol. The van der Waals surface area contributed by atoms with Gasteiger partial charge in [-0.15, -0.1) is 0 Å². The van der Waals surface area contributed by atoms with Crippen LogP contribution in [0.5, 0.6) is 0 Å². The summed E-state index contributed by atoms with van der Waals surface area (Å²) in [5, 5.41) is 2.88. The highest BCUT2D eigenvalue weighted by atomic mass is 16.5. The van der Waals surface area contributed by atoms with Crippen LogP contribution in [0, 0.1) is 11.8 Å². The normalized spacial score (nSPS) is 22.0. The second-order valence-corrected chi connectivity index (χ2v) is 7.60. The summed E-state index contributed by atoms with van der Waals surface area (Å²) in [5.41, 5.74) is 1.55. The Labute approximate surface area is 169 Å². The maximum absolute atomic E-state index is 12.8. The summed E-state index contributed by atoms with van der Waals surface area (Å²) >= 11 is 0. The molecule has 8 heteroatoms. The molecule has 0 spiro atoms. The third-order valence-corrected chi connectivity index (χ3v) is 5.53. The van der Waals surface area contributed by atoms with Crippen LogP contribution >= 0.6 is 0 Å². The van der Waals surface area contributed by atoms with E-state index < -0.39 is 0 Å². The fourth-order valence-electron chi connectivity index (χ4n) is 3.85. The first-order chi connectivity index (χ1) is 14.1. The lowest BCUT2D eigenvalue weighted by Crippen LogP contribution is -2.45. The van der Waals surface area contributed by atoms with E-state index >= 15 is 0 Å². The Hall–Kier alpha value is -2.87. The Kier molecular flexibility index (Phi) is 5.80. The number of amides is 3. The highest BCUT2D eigenvalue weighted by Crippen LogP contribution is 2.25. The van der Waals surface area contributed by atoms with Crippen molar-refractivity contribution in [1.29, 1.82) is 0 Å². The molecule has 2 atom stereocenters. The van der Waals surface area contributed by atoms with Gasteiger partial charge in [-0.3, -0.25) is 4.79 Å². The van der Waals surface area contributed by atoms with E-state index in [0.717, 1.165) is 5.56 Å². The van der Waals surface area contributed by atoms with Gasteiger partial charge in [0.1, 0.15) is 6.26 Å². The van der Waals surface area contributed by atoms with Crippen LogP contribution in [0.4, 0.5) is 4.79 Å². The van der Waals surface area contributed by atoms with Crippen LogP contribution in [0.1, 0.15) is 12.6 Å². The van der Waals surface area contributed by atoms with E-state index in [-0.39, 0.29) is 30.3 Å². The number of morpholine rings is 1. The van der Waals surface area contributed by atoms with Crippen molar-refractivity contribution in [2.75, 3.05) is 39.4 Å². The van der Waals surface area contributed by atoms with E-state index in [2.05, 4.69) is 10.3 Å². The molecule has 4 rings (SSSR count). The molecule has 0 aliphatic carbocycles. The lowest BCUT2D eigenvalue weighted by atomic mass is 9.96. The van der Waals surface area contributed by atoms with Gasteiger partial charge in [0.25, 0.3) is 0 Å². The fraction of sp³-hybridized carbons (Fsp3) is 0.476. The molecule has 1 N–H and O–H groups in total. The predicted molar refractivity (Wildman–Crippen MR) is 106 cm³/mol. The van der Waals surface area contributed by atoms with Gasteiger partial charge in [0.15, 0.2) is 0 Å². The molecule has 0 bridgehead atoms.